The third-order valence-electron chi connectivity index (χ3n) is 3.26. The van der Waals surface area contributed by atoms with Gasteiger partial charge in [-0.1, -0.05) is 6.92 Å². The number of nitrogens with zero attached hydrogens (tertiary/aromatic N) is 3. The minimum atomic E-state index is 0.661. The van der Waals surface area contributed by atoms with Gasteiger partial charge in [0.1, 0.15) is 0 Å². The molecule has 0 saturated heterocycles. The van der Waals surface area contributed by atoms with E-state index in [2.05, 4.69) is 27.1 Å². The fourth-order valence-electron chi connectivity index (χ4n) is 1.98. The summed E-state index contributed by atoms with van der Waals surface area (Å²) in [6.45, 7) is 8.92. The first-order valence-corrected chi connectivity index (χ1v) is 7.49. The second-order valence-electron chi connectivity index (χ2n) is 4.89. The summed E-state index contributed by atoms with van der Waals surface area (Å²) in [4.78, 5) is 11.3. The van der Waals surface area contributed by atoms with Crippen LogP contribution in [-0.2, 0) is 16.0 Å². The second-order valence-corrected chi connectivity index (χ2v) is 4.89. The molecule has 1 heterocycles. The quantitative estimate of drug-likeness (QED) is 0.623. The van der Waals surface area contributed by atoms with Crippen molar-refractivity contribution in [3.05, 3.63) is 17.5 Å². The minimum Gasteiger partial charge on any atom is -0.385 e. The Morgan fingerprint density at radius 1 is 1.19 bits per heavy atom. The molecule has 0 fully saturated rings. The molecule has 0 unspecified atom stereocenters. The maximum absolute atomic E-state index is 5.17. The normalized spacial score (nSPS) is 10.9. The van der Waals surface area contributed by atoms with E-state index < -0.39 is 0 Å². The van der Waals surface area contributed by atoms with E-state index in [0.29, 0.717) is 6.61 Å². The molecule has 0 aromatic carbocycles. The van der Waals surface area contributed by atoms with Crippen LogP contribution in [0.1, 0.15) is 24.6 Å². The highest BCUT2D eigenvalue weighted by atomic mass is 16.5. The van der Waals surface area contributed by atoms with Gasteiger partial charge in [-0.3, -0.25) is 0 Å². The van der Waals surface area contributed by atoms with Crippen molar-refractivity contribution in [2.24, 2.45) is 0 Å². The molecule has 0 spiro atoms. The highest BCUT2D eigenvalue weighted by Crippen LogP contribution is 2.12. The van der Waals surface area contributed by atoms with Crippen molar-refractivity contribution in [1.82, 2.24) is 15.3 Å². The molecule has 21 heavy (non-hydrogen) atoms. The van der Waals surface area contributed by atoms with E-state index >= 15 is 0 Å². The average molecular weight is 296 g/mol. The Kier molecular flexibility index (Phi) is 8.89. The average Bonchev–Trinajstić information content (AvgIpc) is 2.49. The van der Waals surface area contributed by atoms with Crippen LogP contribution in [0, 0.1) is 6.92 Å². The van der Waals surface area contributed by atoms with Crippen molar-refractivity contribution in [2.75, 3.05) is 52.0 Å². The Balaban J connectivity index is 2.73. The molecule has 0 amide bonds. The maximum atomic E-state index is 5.17. The van der Waals surface area contributed by atoms with Gasteiger partial charge in [-0.25, -0.2) is 9.97 Å². The third kappa shape index (κ3) is 6.37. The van der Waals surface area contributed by atoms with Crippen molar-refractivity contribution < 1.29 is 9.47 Å². The summed E-state index contributed by atoms with van der Waals surface area (Å²) in [5.74, 6) is 0.765. The number of methoxy groups -OCH3 is 2. The van der Waals surface area contributed by atoms with Crippen LogP contribution in [0.2, 0.25) is 0 Å². The number of hydrogen-bond acceptors (Lipinski definition) is 6. The van der Waals surface area contributed by atoms with Crippen LogP contribution in [0.3, 0.4) is 0 Å². The maximum Gasteiger partial charge on any atom is 0.225 e. The fraction of sp³-hybridized carbons (Fsp3) is 0.733. The third-order valence-corrected chi connectivity index (χ3v) is 3.26. The first kappa shape index (κ1) is 17.8. The van der Waals surface area contributed by atoms with E-state index in [4.69, 9.17) is 9.47 Å². The lowest BCUT2D eigenvalue weighted by Gasteiger charge is -2.23. The standard InChI is InChI=1S/C15H28N4O2/c1-5-16-11-14-12-17-15(18-13(14)2)19(8-10-21-4)7-6-9-20-3/h12,16H,5-11H2,1-4H3. The Bertz CT molecular complexity index is 401. The Labute approximate surface area is 127 Å². The van der Waals surface area contributed by atoms with Crippen LogP contribution in [0.4, 0.5) is 5.95 Å². The van der Waals surface area contributed by atoms with Crippen molar-refractivity contribution >= 4 is 5.95 Å². The zero-order valence-electron chi connectivity index (χ0n) is 13.7. The molecule has 0 aliphatic rings. The minimum absolute atomic E-state index is 0.661. The number of nitrogens with one attached hydrogen (secondary N) is 1. The van der Waals surface area contributed by atoms with Gasteiger partial charge in [0.05, 0.1) is 6.61 Å². The van der Waals surface area contributed by atoms with E-state index in [1.54, 1.807) is 14.2 Å². The SMILES string of the molecule is CCNCc1cnc(N(CCCOC)CCOC)nc1C. The number of aromatic nitrogens is 2. The Morgan fingerprint density at radius 3 is 2.57 bits per heavy atom. The zero-order valence-corrected chi connectivity index (χ0v) is 13.7. The van der Waals surface area contributed by atoms with Gasteiger partial charge in [-0.15, -0.1) is 0 Å². The molecule has 1 N–H and O–H groups in total. The van der Waals surface area contributed by atoms with Crippen LogP contribution in [0.25, 0.3) is 0 Å². The smallest absolute Gasteiger partial charge is 0.225 e. The van der Waals surface area contributed by atoms with E-state index in [0.717, 1.165) is 56.4 Å². The lowest BCUT2D eigenvalue weighted by molar-refractivity contribution is 0.190. The zero-order chi connectivity index (χ0) is 15.5. The molecule has 0 bridgehead atoms. The summed E-state index contributed by atoms with van der Waals surface area (Å²) in [5.41, 5.74) is 2.17. The lowest BCUT2D eigenvalue weighted by Crippen LogP contribution is -2.31. The summed E-state index contributed by atoms with van der Waals surface area (Å²) < 4.78 is 10.3. The topological polar surface area (TPSA) is 59.5 Å². The summed E-state index contributed by atoms with van der Waals surface area (Å²) in [6, 6.07) is 0. The van der Waals surface area contributed by atoms with Gasteiger partial charge >= 0.3 is 0 Å². The van der Waals surface area contributed by atoms with Gasteiger partial charge < -0.3 is 19.7 Å². The van der Waals surface area contributed by atoms with Gasteiger partial charge in [0.25, 0.3) is 0 Å². The number of rotatable bonds is 11. The molecule has 0 aliphatic heterocycles. The van der Waals surface area contributed by atoms with Gasteiger partial charge in [-0.05, 0) is 19.9 Å². The van der Waals surface area contributed by atoms with Crippen molar-refractivity contribution in [3.63, 3.8) is 0 Å². The first-order chi connectivity index (χ1) is 10.2. The molecule has 0 aliphatic carbocycles. The largest absolute Gasteiger partial charge is 0.385 e. The van der Waals surface area contributed by atoms with Gasteiger partial charge in [0, 0.05) is 57.9 Å². The van der Waals surface area contributed by atoms with Gasteiger partial charge in [0.15, 0.2) is 0 Å². The lowest BCUT2D eigenvalue weighted by atomic mass is 10.2. The van der Waals surface area contributed by atoms with Crippen LogP contribution in [0.15, 0.2) is 6.20 Å². The van der Waals surface area contributed by atoms with Crippen LogP contribution < -0.4 is 10.2 Å². The number of aryl methyl sites for hydroxylation is 1. The molecule has 1 aromatic heterocycles. The highest BCUT2D eigenvalue weighted by Gasteiger charge is 2.11. The number of anilines is 1. The number of hydrogen-bond donors (Lipinski definition) is 1. The van der Waals surface area contributed by atoms with Crippen LogP contribution in [0.5, 0.6) is 0 Å². The summed E-state index contributed by atoms with van der Waals surface area (Å²) in [7, 11) is 3.43. The van der Waals surface area contributed by atoms with E-state index in [1.165, 1.54) is 0 Å². The molecule has 1 rings (SSSR count). The molecular weight excluding hydrogens is 268 g/mol. The fourth-order valence-corrected chi connectivity index (χ4v) is 1.98. The van der Waals surface area contributed by atoms with Gasteiger partial charge in [-0.2, -0.15) is 0 Å². The molecule has 120 valence electrons. The summed E-state index contributed by atoms with van der Waals surface area (Å²) in [6.07, 6.45) is 2.86. The molecule has 0 atom stereocenters. The molecule has 0 radical (unpaired) electrons. The van der Waals surface area contributed by atoms with Crippen molar-refractivity contribution in [2.45, 2.75) is 26.8 Å². The van der Waals surface area contributed by atoms with Gasteiger partial charge in [0.2, 0.25) is 5.95 Å². The number of ether oxygens (including phenoxy) is 2. The first-order valence-electron chi connectivity index (χ1n) is 7.49. The highest BCUT2D eigenvalue weighted by molar-refractivity contribution is 5.32. The molecule has 6 nitrogen and oxygen atoms in total. The predicted octanol–water partition coefficient (Wildman–Crippen LogP) is 1.38. The van der Waals surface area contributed by atoms with Crippen molar-refractivity contribution in [3.8, 4) is 0 Å². The van der Waals surface area contributed by atoms with E-state index in [9.17, 15) is 0 Å². The van der Waals surface area contributed by atoms with E-state index in [1.807, 2.05) is 13.1 Å². The summed E-state index contributed by atoms with van der Waals surface area (Å²) in [5, 5.41) is 3.30. The Morgan fingerprint density at radius 2 is 1.95 bits per heavy atom. The molecule has 1 aromatic rings. The van der Waals surface area contributed by atoms with Crippen LogP contribution >= 0.6 is 0 Å². The molecule has 0 saturated carbocycles. The van der Waals surface area contributed by atoms with Crippen LogP contribution in [-0.4, -0.2) is 57.0 Å². The second kappa shape index (κ2) is 10.5. The van der Waals surface area contributed by atoms with Crippen molar-refractivity contribution in [1.29, 1.82) is 0 Å². The molecule has 6 heteroatoms. The summed E-state index contributed by atoms with van der Waals surface area (Å²) >= 11 is 0. The predicted molar refractivity (Wildman–Crippen MR) is 84.7 cm³/mol. The van der Waals surface area contributed by atoms with E-state index in [-0.39, 0.29) is 0 Å². The Hall–Kier alpha value is -1.24. The monoisotopic (exact) mass is 296 g/mol. The molecular formula is C15H28N4O2.